The number of hydrogen-bond acceptors (Lipinski definition) is 3. The fourth-order valence-electron chi connectivity index (χ4n) is 1.34. The summed E-state index contributed by atoms with van der Waals surface area (Å²) in [4.78, 5) is 11.9. The highest BCUT2D eigenvalue weighted by Crippen LogP contribution is 2.27. The minimum atomic E-state index is -0.490. The van der Waals surface area contributed by atoms with E-state index < -0.39 is 5.60 Å². The molecule has 1 rings (SSSR count). The molecule has 0 N–H and O–H groups in total. The van der Waals surface area contributed by atoms with Crippen LogP contribution in [0, 0.1) is 5.92 Å². The molecule has 0 aliphatic carbocycles. The standard InChI is InChI=1S/C15H21BrO3/c1-10(2)9-18-13-7-6-11(8-12(13)16)14(17)19-15(3,4)5/h6-8,10H,9H2,1-5H3. The molecular formula is C15H21BrO3. The summed E-state index contributed by atoms with van der Waals surface area (Å²) in [5, 5.41) is 0. The molecule has 0 amide bonds. The second kappa shape index (κ2) is 6.42. The van der Waals surface area contributed by atoms with E-state index in [1.165, 1.54) is 0 Å². The average Bonchev–Trinajstić information content (AvgIpc) is 2.24. The van der Waals surface area contributed by atoms with Crippen molar-refractivity contribution in [3.63, 3.8) is 0 Å². The van der Waals surface area contributed by atoms with E-state index in [1.54, 1.807) is 18.2 Å². The van der Waals surface area contributed by atoms with Gasteiger partial charge in [-0.2, -0.15) is 0 Å². The Bertz CT molecular complexity index is 447. The van der Waals surface area contributed by atoms with Gasteiger partial charge in [-0.15, -0.1) is 0 Å². The predicted molar refractivity (Wildman–Crippen MR) is 79.6 cm³/mol. The van der Waals surface area contributed by atoms with Crippen LogP contribution >= 0.6 is 15.9 Å². The van der Waals surface area contributed by atoms with Crippen molar-refractivity contribution in [2.45, 2.75) is 40.2 Å². The summed E-state index contributed by atoms with van der Waals surface area (Å²) in [5.41, 5.74) is 0.0230. The van der Waals surface area contributed by atoms with E-state index in [2.05, 4.69) is 29.8 Å². The zero-order chi connectivity index (χ0) is 14.6. The molecule has 0 spiro atoms. The van der Waals surface area contributed by atoms with E-state index in [0.717, 1.165) is 10.2 Å². The van der Waals surface area contributed by atoms with Crippen LogP contribution in [-0.2, 0) is 4.74 Å². The maximum absolute atomic E-state index is 11.9. The van der Waals surface area contributed by atoms with Crippen LogP contribution in [-0.4, -0.2) is 18.2 Å². The van der Waals surface area contributed by atoms with Gasteiger partial charge in [-0.05, 0) is 60.8 Å². The molecule has 106 valence electrons. The van der Waals surface area contributed by atoms with E-state index in [4.69, 9.17) is 9.47 Å². The third-order valence-electron chi connectivity index (χ3n) is 2.14. The lowest BCUT2D eigenvalue weighted by Crippen LogP contribution is -2.23. The number of esters is 1. The van der Waals surface area contributed by atoms with Gasteiger partial charge in [0, 0.05) is 0 Å². The predicted octanol–water partition coefficient (Wildman–Crippen LogP) is 4.44. The Morgan fingerprint density at radius 2 is 1.95 bits per heavy atom. The summed E-state index contributed by atoms with van der Waals surface area (Å²) in [7, 11) is 0. The molecule has 0 saturated carbocycles. The van der Waals surface area contributed by atoms with Crippen molar-refractivity contribution in [1.82, 2.24) is 0 Å². The second-order valence-electron chi connectivity index (χ2n) is 5.85. The van der Waals surface area contributed by atoms with Gasteiger partial charge in [0.1, 0.15) is 11.4 Å². The maximum Gasteiger partial charge on any atom is 0.338 e. The zero-order valence-electron chi connectivity index (χ0n) is 12.1. The van der Waals surface area contributed by atoms with Crippen LogP contribution in [0.1, 0.15) is 45.0 Å². The van der Waals surface area contributed by atoms with Gasteiger partial charge in [0.05, 0.1) is 16.6 Å². The molecule has 1 aromatic carbocycles. The van der Waals surface area contributed by atoms with Gasteiger partial charge >= 0.3 is 5.97 Å². The first-order chi connectivity index (χ1) is 8.69. The van der Waals surface area contributed by atoms with E-state index >= 15 is 0 Å². The van der Waals surface area contributed by atoms with E-state index in [0.29, 0.717) is 18.1 Å². The number of benzene rings is 1. The molecule has 1 aromatic rings. The fourth-order valence-corrected chi connectivity index (χ4v) is 1.83. The van der Waals surface area contributed by atoms with Crippen LogP contribution in [0.15, 0.2) is 22.7 Å². The molecule has 0 aliphatic heterocycles. The Labute approximate surface area is 123 Å². The third kappa shape index (κ3) is 5.64. The van der Waals surface area contributed by atoms with Crippen LogP contribution in [0.3, 0.4) is 0 Å². The largest absolute Gasteiger partial charge is 0.492 e. The number of carbonyl (C=O) groups excluding carboxylic acids is 1. The van der Waals surface area contributed by atoms with Crippen molar-refractivity contribution in [2.75, 3.05) is 6.61 Å². The monoisotopic (exact) mass is 328 g/mol. The van der Waals surface area contributed by atoms with Crippen LogP contribution in [0.4, 0.5) is 0 Å². The summed E-state index contributed by atoms with van der Waals surface area (Å²) in [5.74, 6) is 0.863. The molecule has 3 nitrogen and oxygen atoms in total. The van der Waals surface area contributed by atoms with Gasteiger partial charge < -0.3 is 9.47 Å². The van der Waals surface area contributed by atoms with E-state index in [-0.39, 0.29) is 5.97 Å². The molecule has 0 aromatic heterocycles. The first-order valence-corrected chi connectivity index (χ1v) is 7.14. The SMILES string of the molecule is CC(C)COc1ccc(C(=O)OC(C)(C)C)cc1Br. The molecule has 0 saturated heterocycles. The number of hydrogen-bond donors (Lipinski definition) is 0. The third-order valence-corrected chi connectivity index (χ3v) is 2.76. The Balaban J connectivity index is 2.79. The van der Waals surface area contributed by atoms with Crippen molar-refractivity contribution in [1.29, 1.82) is 0 Å². The molecule has 4 heteroatoms. The van der Waals surface area contributed by atoms with E-state index in [9.17, 15) is 4.79 Å². The lowest BCUT2D eigenvalue weighted by Gasteiger charge is -2.19. The lowest BCUT2D eigenvalue weighted by molar-refractivity contribution is 0.00694. The molecule has 0 unspecified atom stereocenters. The van der Waals surface area contributed by atoms with Gasteiger partial charge in [0.2, 0.25) is 0 Å². The van der Waals surface area contributed by atoms with Gasteiger partial charge in [-0.1, -0.05) is 13.8 Å². The van der Waals surface area contributed by atoms with Gasteiger partial charge in [0.15, 0.2) is 0 Å². The minimum absolute atomic E-state index is 0.330. The second-order valence-corrected chi connectivity index (χ2v) is 6.71. The molecule has 0 aliphatic rings. The number of rotatable bonds is 4. The smallest absolute Gasteiger partial charge is 0.338 e. The van der Waals surface area contributed by atoms with Crippen LogP contribution in [0.5, 0.6) is 5.75 Å². The Morgan fingerprint density at radius 1 is 1.32 bits per heavy atom. The highest BCUT2D eigenvalue weighted by Gasteiger charge is 2.18. The Hall–Kier alpha value is -1.03. The Kier molecular flexibility index (Phi) is 5.41. The summed E-state index contributed by atoms with van der Waals surface area (Å²) in [6, 6.07) is 5.23. The molecule has 0 bridgehead atoms. The molecule has 0 radical (unpaired) electrons. The number of carbonyl (C=O) groups is 1. The summed E-state index contributed by atoms with van der Waals surface area (Å²) in [6.45, 7) is 10.4. The average molecular weight is 329 g/mol. The highest BCUT2D eigenvalue weighted by atomic mass is 79.9. The summed E-state index contributed by atoms with van der Waals surface area (Å²) >= 11 is 3.41. The van der Waals surface area contributed by atoms with Crippen LogP contribution in [0.2, 0.25) is 0 Å². The van der Waals surface area contributed by atoms with Crippen LogP contribution < -0.4 is 4.74 Å². The first-order valence-electron chi connectivity index (χ1n) is 6.35. The fraction of sp³-hybridized carbons (Fsp3) is 0.533. The normalized spacial score (nSPS) is 11.5. The molecule has 0 fully saturated rings. The first kappa shape index (κ1) is 16.0. The Morgan fingerprint density at radius 3 is 2.42 bits per heavy atom. The van der Waals surface area contributed by atoms with Crippen molar-refractivity contribution < 1.29 is 14.3 Å². The number of halogens is 1. The highest BCUT2D eigenvalue weighted by molar-refractivity contribution is 9.10. The molecule has 19 heavy (non-hydrogen) atoms. The maximum atomic E-state index is 11.9. The lowest BCUT2D eigenvalue weighted by atomic mass is 10.1. The molecular weight excluding hydrogens is 308 g/mol. The van der Waals surface area contributed by atoms with Crippen molar-refractivity contribution >= 4 is 21.9 Å². The quantitative estimate of drug-likeness (QED) is 0.766. The van der Waals surface area contributed by atoms with Gasteiger partial charge in [0.25, 0.3) is 0 Å². The summed E-state index contributed by atoms with van der Waals surface area (Å²) < 4.78 is 11.7. The number of ether oxygens (including phenoxy) is 2. The topological polar surface area (TPSA) is 35.5 Å². The van der Waals surface area contributed by atoms with Crippen molar-refractivity contribution in [3.05, 3.63) is 28.2 Å². The van der Waals surface area contributed by atoms with E-state index in [1.807, 2.05) is 20.8 Å². The van der Waals surface area contributed by atoms with Crippen molar-refractivity contribution in [2.24, 2.45) is 5.92 Å². The zero-order valence-corrected chi connectivity index (χ0v) is 13.7. The van der Waals surface area contributed by atoms with Crippen LogP contribution in [0.25, 0.3) is 0 Å². The van der Waals surface area contributed by atoms with Gasteiger partial charge in [-0.25, -0.2) is 4.79 Å². The molecule has 0 heterocycles. The molecule has 0 atom stereocenters. The van der Waals surface area contributed by atoms with Crippen molar-refractivity contribution in [3.8, 4) is 5.75 Å². The van der Waals surface area contributed by atoms with Gasteiger partial charge in [-0.3, -0.25) is 0 Å². The minimum Gasteiger partial charge on any atom is -0.492 e. The summed E-state index contributed by atoms with van der Waals surface area (Å²) in [6.07, 6.45) is 0.